The monoisotopic (exact) mass is 276 g/mol. The Hall–Kier alpha value is -0.620. The quantitative estimate of drug-likeness (QED) is 0.836. The van der Waals surface area contributed by atoms with Crippen LogP contribution in [0, 0.1) is 0 Å². The van der Waals surface area contributed by atoms with Crippen LogP contribution in [0.4, 0.5) is 0 Å². The summed E-state index contributed by atoms with van der Waals surface area (Å²) in [6.45, 7) is 7.97. The van der Waals surface area contributed by atoms with Crippen molar-refractivity contribution in [1.29, 1.82) is 0 Å². The fraction of sp³-hybridized carbons (Fsp3) is 0.917. The zero-order valence-electron chi connectivity index (χ0n) is 11.7. The number of hydrogen-bond donors (Lipinski definition) is 1. The summed E-state index contributed by atoms with van der Waals surface area (Å²) in [6.07, 6.45) is 1.95. The summed E-state index contributed by atoms with van der Waals surface area (Å²) < 4.78 is 25.5. The fourth-order valence-electron chi connectivity index (χ4n) is 2.16. The van der Waals surface area contributed by atoms with Crippen molar-refractivity contribution in [3.05, 3.63) is 0 Å². The molecule has 1 rings (SSSR count). The molecule has 1 fully saturated rings. The van der Waals surface area contributed by atoms with Gasteiger partial charge < -0.3 is 5.32 Å². The summed E-state index contributed by atoms with van der Waals surface area (Å²) in [5.41, 5.74) is -0.333. The van der Waals surface area contributed by atoms with Crippen LogP contribution in [0.25, 0.3) is 0 Å². The van der Waals surface area contributed by atoms with Crippen LogP contribution in [0.2, 0.25) is 0 Å². The minimum absolute atomic E-state index is 0.117. The maximum absolute atomic E-state index is 12.1. The second-order valence-corrected chi connectivity index (χ2v) is 7.87. The molecule has 0 aromatic heterocycles. The van der Waals surface area contributed by atoms with Gasteiger partial charge in [0.25, 0.3) is 0 Å². The van der Waals surface area contributed by atoms with Crippen molar-refractivity contribution < 1.29 is 13.2 Å². The third-order valence-corrected chi connectivity index (χ3v) is 4.90. The van der Waals surface area contributed by atoms with E-state index in [0.717, 1.165) is 6.42 Å². The van der Waals surface area contributed by atoms with Gasteiger partial charge in [0.05, 0.1) is 5.75 Å². The number of nitrogens with one attached hydrogen (secondary N) is 1. The van der Waals surface area contributed by atoms with E-state index in [4.69, 9.17) is 0 Å². The third-order valence-electron chi connectivity index (χ3n) is 2.82. The number of hydrogen-bond acceptors (Lipinski definition) is 3. The Morgan fingerprint density at radius 2 is 2.00 bits per heavy atom. The lowest BCUT2D eigenvalue weighted by Crippen LogP contribution is -2.51. The lowest BCUT2D eigenvalue weighted by molar-refractivity contribution is -0.125. The Morgan fingerprint density at radius 1 is 1.39 bits per heavy atom. The molecule has 6 heteroatoms. The van der Waals surface area contributed by atoms with Gasteiger partial charge in [0.15, 0.2) is 0 Å². The number of amides is 1. The van der Waals surface area contributed by atoms with E-state index >= 15 is 0 Å². The predicted octanol–water partition coefficient (Wildman–Crippen LogP) is 1.11. The fourth-order valence-corrected chi connectivity index (χ4v) is 3.91. The molecule has 0 bridgehead atoms. The normalized spacial score (nSPS) is 22.1. The van der Waals surface area contributed by atoms with E-state index in [-0.39, 0.29) is 17.2 Å². The Labute approximate surface area is 110 Å². The number of sulfonamides is 1. The van der Waals surface area contributed by atoms with Gasteiger partial charge in [0.1, 0.15) is 6.04 Å². The summed E-state index contributed by atoms with van der Waals surface area (Å²) in [5.74, 6) is -0.0635. The average Bonchev–Trinajstić information content (AvgIpc) is 2.63. The van der Waals surface area contributed by atoms with Crippen LogP contribution in [0.5, 0.6) is 0 Å². The molecule has 0 saturated carbocycles. The second-order valence-electron chi connectivity index (χ2n) is 5.82. The Kier molecular flexibility index (Phi) is 4.78. The number of nitrogens with zero attached hydrogens (tertiary/aromatic N) is 1. The van der Waals surface area contributed by atoms with Crippen LogP contribution in [0.1, 0.15) is 47.0 Å². The first-order valence-electron chi connectivity index (χ1n) is 6.49. The first-order valence-corrected chi connectivity index (χ1v) is 8.10. The maximum atomic E-state index is 12.1. The van der Waals surface area contributed by atoms with Gasteiger partial charge in [-0.05, 0) is 40.0 Å². The summed E-state index contributed by atoms with van der Waals surface area (Å²) in [4.78, 5) is 12.1. The Bertz CT molecular complexity index is 398. The van der Waals surface area contributed by atoms with Crippen LogP contribution in [-0.2, 0) is 14.8 Å². The highest BCUT2D eigenvalue weighted by molar-refractivity contribution is 7.89. The molecule has 1 saturated heterocycles. The molecular formula is C12H24N2O3S. The van der Waals surface area contributed by atoms with Gasteiger partial charge in [-0.2, -0.15) is 4.31 Å². The summed E-state index contributed by atoms with van der Waals surface area (Å²) in [5, 5.41) is 2.86. The molecule has 1 aliphatic heterocycles. The minimum atomic E-state index is -3.29. The smallest absolute Gasteiger partial charge is 0.238 e. The Balaban J connectivity index is 2.80. The van der Waals surface area contributed by atoms with E-state index in [1.54, 1.807) is 0 Å². The molecule has 18 heavy (non-hydrogen) atoms. The molecule has 0 spiro atoms. The van der Waals surface area contributed by atoms with Gasteiger partial charge >= 0.3 is 0 Å². The van der Waals surface area contributed by atoms with E-state index in [1.165, 1.54) is 4.31 Å². The molecule has 1 unspecified atom stereocenters. The third kappa shape index (κ3) is 3.95. The van der Waals surface area contributed by atoms with Gasteiger partial charge in [-0.25, -0.2) is 8.42 Å². The van der Waals surface area contributed by atoms with Gasteiger partial charge in [-0.15, -0.1) is 0 Å². The van der Waals surface area contributed by atoms with Crippen molar-refractivity contribution in [2.45, 2.75) is 58.5 Å². The van der Waals surface area contributed by atoms with Crippen LogP contribution in [0.3, 0.4) is 0 Å². The molecule has 0 radical (unpaired) electrons. The molecular weight excluding hydrogens is 252 g/mol. The van der Waals surface area contributed by atoms with Crippen molar-refractivity contribution in [1.82, 2.24) is 9.62 Å². The van der Waals surface area contributed by atoms with Gasteiger partial charge in [0, 0.05) is 12.1 Å². The van der Waals surface area contributed by atoms with Crippen molar-refractivity contribution in [2.75, 3.05) is 12.3 Å². The molecule has 106 valence electrons. The summed E-state index contributed by atoms with van der Waals surface area (Å²) in [6, 6.07) is -0.527. The van der Waals surface area contributed by atoms with Crippen molar-refractivity contribution in [2.24, 2.45) is 0 Å². The molecule has 0 aromatic carbocycles. The largest absolute Gasteiger partial charge is 0.350 e. The average molecular weight is 276 g/mol. The van der Waals surface area contributed by atoms with Crippen molar-refractivity contribution in [3.63, 3.8) is 0 Å². The molecule has 1 N–H and O–H groups in total. The summed E-state index contributed by atoms with van der Waals surface area (Å²) >= 11 is 0. The minimum Gasteiger partial charge on any atom is -0.350 e. The highest BCUT2D eigenvalue weighted by atomic mass is 32.2. The van der Waals surface area contributed by atoms with Crippen molar-refractivity contribution in [3.8, 4) is 0 Å². The lowest BCUT2D eigenvalue weighted by Gasteiger charge is -2.27. The second kappa shape index (κ2) is 5.57. The summed E-state index contributed by atoms with van der Waals surface area (Å²) in [7, 11) is -3.29. The number of carbonyl (C=O) groups is 1. The van der Waals surface area contributed by atoms with E-state index in [0.29, 0.717) is 19.4 Å². The van der Waals surface area contributed by atoms with Gasteiger partial charge in [-0.1, -0.05) is 6.92 Å². The zero-order chi connectivity index (χ0) is 14.0. The predicted molar refractivity (Wildman–Crippen MR) is 71.7 cm³/mol. The standard InChI is InChI=1S/C12H24N2O3S/c1-5-9-18(16,17)14-8-6-7-10(14)11(15)13-12(2,3)4/h10H,5-9H2,1-4H3,(H,13,15). The molecule has 1 amide bonds. The highest BCUT2D eigenvalue weighted by Crippen LogP contribution is 2.22. The molecule has 0 aliphatic carbocycles. The Morgan fingerprint density at radius 3 is 2.50 bits per heavy atom. The molecule has 1 atom stereocenters. The van der Waals surface area contributed by atoms with Gasteiger partial charge in [-0.3, -0.25) is 4.79 Å². The van der Waals surface area contributed by atoms with Crippen LogP contribution < -0.4 is 5.32 Å². The van der Waals surface area contributed by atoms with Gasteiger partial charge in [0.2, 0.25) is 15.9 Å². The topological polar surface area (TPSA) is 66.5 Å². The van der Waals surface area contributed by atoms with Crippen LogP contribution in [-0.4, -0.2) is 42.5 Å². The van der Waals surface area contributed by atoms with E-state index in [1.807, 2.05) is 27.7 Å². The van der Waals surface area contributed by atoms with E-state index in [9.17, 15) is 13.2 Å². The molecule has 1 heterocycles. The highest BCUT2D eigenvalue weighted by Gasteiger charge is 2.38. The molecule has 0 aromatic rings. The van der Waals surface area contributed by atoms with Crippen LogP contribution >= 0.6 is 0 Å². The number of rotatable bonds is 4. The lowest BCUT2D eigenvalue weighted by atomic mass is 10.1. The first kappa shape index (κ1) is 15.4. The zero-order valence-corrected chi connectivity index (χ0v) is 12.5. The molecule has 5 nitrogen and oxygen atoms in total. The number of carbonyl (C=O) groups excluding carboxylic acids is 1. The maximum Gasteiger partial charge on any atom is 0.238 e. The van der Waals surface area contributed by atoms with E-state index < -0.39 is 16.1 Å². The molecule has 1 aliphatic rings. The first-order chi connectivity index (χ1) is 8.17. The van der Waals surface area contributed by atoms with Crippen LogP contribution in [0.15, 0.2) is 0 Å². The SMILES string of the molecule is CCCS(=O)(=O)N1CCCC1C(=O)NC(C)(C)C. The van der Waals surface area contributed by atoms with Crippen molar-refractivity contribution >= 4 is 15.9 Å². The van der Waals surface area contributed by atoms with E-state index in [2.05, 4.69) is 5.32 Å².